The second-order valence-corrected chi connectivity index (χ2v) is 6.29. The molecule has 0 aromatic heterocycles. The van der Waals surface area contributed by atoms with Crippen molar-refractivity contribution >= 4 is 11.9 Å². The fraction of sp³-hybridized carbons (Fsp3) is 0.556. The van der Waals surface area contributed by atoms with Gasteiger partial charge in [0.2, 0.25) is 5.91 Å². The van der Waals surface area contributed by atoms with Gasteiger partial charge in [-0.05, 0) is 29.5 Å². The highest BCUT2D eigenvalue weighted by Crippen LogP contribution is 2.24. The van der Waals surface area contributed by atoms with E-state index in [2.05, 4.69) is 0 Å². The van der Waals surface area contributed by atoms with Gasteiger partial charge in [0.05, 0.1) is 14.2 Å². The lowest BCUT2D eigenvalue weighted by molar-refractivity contribution is -0.145. The molecule has 1 rings (SSSR count). The van der Waals surface area contributed by atoms with Crippen LogP contribution in [-0.4, -0.2) is 42.6 Å². The molecule has 0 aliphatic heterocycles. The first kappa shape index (κ1) is 19.8. The van der Waals surface area contributed by atoms with Gasteiger partial charge >= 0.3 is 5.97 Å². The molecule has 0 aliphatic rings. The Morgan fingerprint density at radius 2 is 1.62 bits per heavy atom. The molecule has 0 radical (unpaired) electrons. The van der Waals surface area contributed by atoms with Crippen LogP contribution in [0.25, 0.3) is 0 Å². The summed E-state index contributed by atoms with van der Waals surface area (Å²) in [4.78, 5) is 25.0. The first-order chi connectivity index (χ1) is 11.3. The van der Waals surface area contributed by atoms with Gasteiger partial charge in [-0.2, -0.15) is 0 Å². The summed E-state index contributed by atoms with van der Waals surface area (Å²) in [5.41, 5.74) is 0.762. The number of nitrogens with zero attached hydrogens (tertiary/aromatic N) is 1. The van der Waals surface area contributed by atoms with Crippen molar-refractivity contribution in [1.29, 1.82) is 0 Å². The normalized spacial score (nSPS) is 11.9. The van der Waals surface area contributed by atoms with E-state index < -0.39 is 5.97 Å². The number of methoxy groups -OCH3 is 2. The molecule has 6 nitrogen and oxygen atoms in total. The smallest absolute Gasteiger partial charge is 0.323 e. The van der Waals surface area contributed by atoms with Crippen LogP contribution in [0.5, 0.6) is 11.5 Å². The van der Waals surface area contributed by atoms with Crippen molar-refractivity contribution in [2.45, 2.75) is 33.7 Å². The summed E-state index contributed by atoms with van der Waals surface area (Å²) in [5.74, 6) is 0.548. The molecule has 0 heterocycles. The number of carbonyl (C=O) groups excluding carboxylic acids is 1. The van der Waals surface area contributed by atoms with Gasteiger partial charge in [-0.1, -0.05) is 20.8 Å². The number of carboxylic acid groups (broad SMARTS) is 1. The van der Waals surface area contributed by atoms with Crippen molar-refractivity contribution in [2.75, 3.05) is 20.8 Å². The molecule has 0 fully saturated rings. The Bertz CT molecular complexity index is 548. The molecular weight excluding hydrogens is 310 g/mol. The molecular formula is C18H27NO5. The van der Waals surface area contributed by atoms with Crippen molar-refractivity contribution in [3.05, 3.63) is 23.8 Å². The maximum atomic E-state index is 12.5. The molecule has 24 heavy (non-hydrogen) atoms. The molecule has 6 heteroatoms. The first-order valence-corrected chi connectivity index (χ1v) is 7.98. The maximum absolute atomic E-state index is 12.5. The SMILES string of the molecule is COc1cc(CN(CC(=O)O)C(=O)CC(C)C(C)C)cc(OC)c1. The van der Waals surface area contributed by atoms with Gasteiger partial charge in [0.25, 0.3) is 0 Å². The van der Waals surface area contributed by atoms with Crippen LogP contribution in [0.1, 0.15) is 32.8 Å². The highest BCUT2D eigenvalue weighted by molar-refractivity contribution is 5.81. The molecule has 1 N–H and O–H groups in total. The van der Waals surface area contributed by atoms with Crippen LogP contribution < -0.4 is 9.47 Å². The van der Waals surface area contributed by atoms with Crippen LogP contribution in [0.15, 0.2) is 18.2 Å². The van der Waals surface area contributed by atoms with Gasteiger partial charge in [0, 0.05) is 19.0 Å². The quantitative estimate of drug-likeness (QED) is 0.750. The topological polar surface area (TPSA) is 76.1 Å². The van der Waals surface area contributed by atoms with E-state index in [1.165, 1.54) is 4.90 Å². The van der Waals surface area contributed by atoms with Crippen molar-refractivity contribution in [2.24, 2.45) is 11.8 Å². The maximum Gasteiger partial charge on any atom is 0.323 e. The zero-order valence-electron chi connectivity index (χ0n) is 15.0. The molecule has 1 aromatic rings. The number of hydrogen-bond acceptors (Lipinski definition) is 4. The molecule has 1 aromatic carbocycles. The van der Waals surface area contributed by atoms with E-state index in [9.17, 15) is 9.59 Å². The van der Waals surface area contributed by atoms with Gasteiger partial charge < -0.3 is 19.5 Å². The second kappa shape index (κ2) is 9.15. The Morgan fingerprint density at radius 3 is 2.04 bits per heavy atom. The predicted octanol–water partition coefficient (Wildman–Crippen LogP) is 2.80. The number of rotatable bonds is 9. The van der Waals surface area contributed by atoms with Gasteiger partial charge in [0.15, 0.2) is 0 Å². The van der Waals surface area contributed by atoms with Crippen molar-refractivity contribution in [3.63, 3.8) is 0 Å². The van der Waals surface area contributed by atoms with E-state index in [0.717, 1.165) is 5.56 Å². The van der Waals surface area contributed by atoms with Gasteiger partial charge in [-0.15, -0.1) is 0 Å². The fourth-order valence-corrected chi connectivity index (χ4v) is 2.21. The zero-order valence-corrected chi connectivity index (χ0v) is 15.0. The van der Waals surface area contributed by atoms with Gasteiger partial charge in [-0.3, -0.25) is 9.59 Å². The summed E-state index contributed by atoms with van der Waals surface area (Å²) in [7, 11) is 3.09. The minimum Gasteiger partial charge on any atom is -0.497 e. The fourth-order valence-electron chi connectivity index (χ4n) is 2.21. The van der Waals surface area contributed by atoms with E-state index in [0.29, 0.717) is 23.8 Å². The summed E-state index contributed by atoms with van der Waals surface area (Å²) in [6.45, 7) is 5.96. The highest BCUT2D eigenvalue weighted by atomic mass is 16.5. The number of ether oxygens (including phenoxy) is 2. The van der Waals surface area contributed by atoms with Crippen molar-refractivity contribution in [3.8, 4) is 11.5 Å². The molecule has 1 unspecified atom stereocenters. The lowest BCUT2D eigenvalue weighted by Gasteiger charge is -2.24. The van der Waals surface area contributed by atoms with E-state index in [-0.39, 0.29) is 24.9 Å². The number of benzene rings is 1. The molecule has 134 valence electrons. The second-order valence-electron chi connectivity index (χ2n) is 6.29. The number of carbonyl (C=O) groups is 2. The summed E-state index contributed by atoms with van der Waals surface area (Å²) >= 11 is 0. The third kappa shape index (κ3) is 6.10. The molecule has 0 spiro atoms. The van der Waals surface area contributed by atoms with Crippen LogP contribution in [0.3, 0.4) is 0 Å². The van der Waals surface area contributed by atoms with Crippen molar-refractivity contribution in [1.82, 2.24) is 4.90 Å². The summed E-state index contributed by atoms with van der Waals surface area (Å²) in [6, 6.07) is 5.28. The van der Waals surface area contributed by atoms with E-state index in [1.54, 1.807) is 32.4 Å². The summed E-state index contributed by atoms with van der Waals surface area (Å²) < 4.78 is 10.4. The van der Waals surface area contributed by atoms with Gasteiger partial charge in [-0.25, -0.2) is 0 Å². The van der Waals surface area contributed by atoms with Crippen molar-refractivity contribution < 1.29 is 24.2 Å². The Morgan fingerprint density at radius 1 is 1.08 bits per heavy atom. The lowest BCUT2D eigenvalue weighted by atomic mass is 9.94. The average molecular weight is 337 g/mol. The average Bonchev–Trinajstić information content (AvgIpc) is 2.53. The molecule has 0 saturated carbocycles. The Kier molecular flexibility index (Phi) is 7.55. The molecule has 1 amide bonds. The lowest BCUT2D eigenvalue weighted by Crippen LogP contribution is -2.36. The number of amides is 1. The number of aliphatic carboxylic acids is 1. The minimum atomic E-state index is -1.03. The van der Waals surface area contributed by atoms with E-state index in [1.807, 2.05) is 20.8 Å². The largest absolute Gasteiger partial charge is 0.497 e. The Balaban J connectivity index is 2.97. The van der Waals surface area contributed by atoms with E-state index >= 15 is 0 Å². The third-order valence-corrected chi connectivity index (χ3v) is 4.10. The Labute approximate surface area is 143 Å². The third-order valence-electron chi connectivity index (χ3n) is 4.10. The highest BCUT2D eigenvalue weighted by Gasteiger charge is 2.21. The summed E-state index contributed by atoms with van der Waals surface area (Å²) in [5, 5.41) is 9.11. The molecule has 1 atom stereocenters. The standard InChI is InChI=1S/C18H27NO5/c1-12(2)13(3)6-17(20)19(11-18(21)22)10-14-7-15(23-4)9-16(8-14)24-5/h7-9,12-13H,6,10-11H2,1-5H3,(H,21,22). The predicted molar refractivity (Wildman–Crippen MR) is 91.2 cm³/mol. The van der Waals surface area contributed by atoms with E-state index in [4.69, 9.17) is 14.6 Å². The monoisotopic (exact) mass is 337 g/mol. The number of hydrogen-bond donors (Lipinski definition) is 1. The minimum absolute atomic E-state index is 0.166. The van der Waals surface area contributed by atoms with Crippen LogP contribution in [0, 0.1) is 11.8 Å². The number of carboxylic acids is 1. The Hall–Kier alpha value is -2.24. The molecule has 0 bridgehead atoms. The zero-order chi connectivity index (χ0) is 18.3. The van der Waals surface area contributed by atoms with Crippen LogP contribution in [0.4, 0.5) is 0 Å². The molecule has 0 saturated heterocycles. The van der Waals surface area contributed by atoms with Crippen LogP contribution in [-0.2, 0) is 16.1 Å². The van der Waals surface area contributed by atoms with Crippen LogP contribution >= 0.6 is 0 Å². The van der Waals surface area contributed by atoms with Crippen LogP contribution in [0.2, 0.25) is 0 Å². The first-order valence-electron chi connectivity index (χ1n) is 7.98. The van der Waals surface area contributed by atoms with Gasteiger partial charge in [0.1, 0.15) is 18.0 Å². The summed E-state index contributed by atoms with van der Waals surface area (Å²) in [6.07, 6.45) is 0.325. The molecule has 0 aliphatic carbocycles.